The molecule has 1 saturated carbocycles. The second-order valence-corrected chi connectivity index (χ2v) is 6.50. The molecule has 0 atom stereocenters. The van der Waals surface area contributed by atoms with Gasteiger partial charge in [0.15, 0.2) is 11.7 Å². The molecule has 4 nitrogen and oxygen atoms in total. The number of benzene rings is 1. The molecule has 0 saturated heterocycles. The Hall–Kier alpha value is -2.24. The average molecular weight is 348 g/mol. The Morgan fingerprint density at radius 3 is 2.68 bits per heavy atom. The van der Waals surface area contributed by atoms with Crippen LogP contribution in [0.25, 0.3) is 11.3 Å². The summed E-state index contributed by atoms with van der Waals surface area (Å²) in [6, 6.07) is 3.55. The third-order valence-electron chi connectivity index (χ3n) is 4.54. The van der Waals surface area contributed by atoms with Crippen molar-refractivity contribution in [3.05, 3.63) is 41.9 Å². The number of hydrogen-bond acceptors (Lipinski definition) is 3. The molecule has 25 heavy (non-hydrogen) atoms. The maximum atomic E-state index is 13.8. The van der Waals surface area contributed by atoms with E-state index in [1.165, 1.54) is 31.2 Å². The zero-order chi connectivity index (χ0) is 17.6. The highest BCUT2D eigenvalue weighted by atomic mass is 19.1. The molecule has 1 N–H and O–H groups in total. The van der Waals surface area contributed by atoms with Crippen molar-refractivity contribution in [2.75, 3.05) is 0 Å². The Morgan fingerprint density at radius 1 is 1.20 bits per heavy atom. The van der Waals surface area contributed by atoms with E-state index < -0.39 is 11.6 Å². The number of nitrogens with zero attached hydrogens (tertiary/aromatic N) is 1. The lowest BCUT2D eigenvalue weighted by atomic mass is 10.1. The van der Waals surface area contributed by atoms with Crippen LogP contribution in [0.5, 0.6) is 0 Å². The molecular weight excluding hydrogens is 326 g/mol. The van der Waals surface area contributed by atoms with Crippen molar-refractivity contribution in [3.8, 4) is 11.3 Å². The van der Waals surface area contributed by atoms with Gasteiger partial charge in [-0.15, -0.1) is 0 Å². The van der Waals surface area contributed by atoms with E-state index in [2.05, 4.69) is 10.3 Å². The van der Waals surface area contributed by atoms with E-state index in [4.69, 9.17) is 4.42 Å². The summed E-state index contributed by atoms with van der Waals surface area (Å²) in [7, 11) is 0. The standard InChI is InChI=1S/C19H22F2N2O2/c20-13-7-8-15(16(21)11-13)17-12-22-19(25-17)10-9-18(24)23-14-5-3-1-2-4-6-14/h7-8,11-12,14H,1-6,9-10H2,(H,23,24). The minimum atomic E-state index is -0.700. The van der Waals surface area contributed by atoms with Gasteiger partial charge in [0, 0.05) is 24.9 Å². The van der Waals surface area contributed by atoms with Crippen molar-refractivity contribution in [2.45, 2.75) is 57.4 Å². The Morgan fingerprint density at radius 2 is 1.96 bits per heavy atom. The fourth-order valence-electron chi connectivity index (χ4n) is 3.18. The van der Waals surface area contributed by atoms with Crippen molar-refractivity contribution in [3.63, 3.8) is 0 Å². The maximum absolute atomic E-state index is 13.8. The SMILES string of the molecule is O=C(CCc1ncc(-c2ccc(F)cc2F)o1)NC1CCCCCC1. The molecule has 1 fully saturated rings. The Kier molecular flexibility index (Phi) is 5.79. The molecule has 0 radical (unpaired) electrons. The highest BCUT2D eigenvalue weighted by molar-refractivity contribution is 5.76. The number of carbonyl (C=O) groups is 1. The molecule has 1 aliphatic carbocycles. The molecule has 1 aliphatic rings. The number of amides is 1. The molecule has 0 bridgehead atoms. The third kappa shape index (κ3) is 4.87. The van der Waals surface area contributed by atoms with Gasteiger partial charge in [0.1, 0.15) is 11.6 Å². The maximum Gasteiger partial charge on any atom is 0.220 e. The first-order valence-electron chi connectivity index (χ1n) is 8.81. The molecule has 3 rings (SSSR count). The van der Waals surface area contributed by atoms with Crippen molar-refractivity contribution < 1.29 is 18.0 Å². The number of nitrogens with one attached hydrogen (secondary N) is 1. The summed E-state index contributed by atoms with van der Waals surface area (Å²) in [4.78, 5) is 16.2. The van der Waals surface area contributed by atoms with Gasteiger partial charge >= 0.3 is 0 Å². The summed E-state index contributed by atoms with van der Waals surface area (Å²) in [5.74, 6) is -0.754. The first kappa shape index (κ1) is 17.6. The van der Waals surface area contributed by atoms with E-state index in [0.29, 0.717) is 12.3 Å². The van der Waals surface area contributed by atoms with E-state index in [1.807, 2.05) is 0 Å². The van der Waals surface area contributed by atoms with Crippen LogP contribution in [-0.4, -0.2) is 16.9 Å². The molecule has 6 heteroatoms. The van der Waals surface area contributed by atoms with Gasteiger partial charge in [-0.3, -0.25) is 4.79 Å². The Labute approximate surface area is 145 Å². The van der Waals surface area contributed by atoms with Crippen LogP contribution in [-0.2, 0) is 11.2 Å². The van der Waals surface area contributed by atoms with Gasteiger partial charge in [0.2, 0.25) is 5.91 Å². The molecule has 1 heterocycles. The topological polar surface area (TPSA) is 55.1 Å². The molecule has 1 aromatic carbocycles. The van der Waals surface area contributed by atoms with Crippen LogP contribution in [0.4, 0.5) is 8.78 Å². The summed E-state index contributed by atoms with van der Waals surface area (Å²) in [5, 5.41) is 3.07. The molecule has 0 unspecified atom stereocenters. The second kappa shape index (κ2) is 8.23. The highest BCUT2D eigenvalue weighted by Crippen LogP contribution is 2.24. The van der Waals surface area contributed by atoms with Crippen LogP contribution in [0.3, 0.4) is 0 Å². The predicted molar refractivity (Wildman–Crippen MR) is 89.8 cm³/mol. The Balaban J connectivity index is 1.53. The van der Waals surface area contributed by atoms with E-state index in [0.717, 1.165) is 31.7 Å². The van der Waals surface area contributed by atoms with Crippen molar-refractivity contribution in [2.24, 2.45) is 0 Å². The number of hydrogen-bond donors (Lipinski definition) is 1. The number of aromatic nitrogens is 1. The van der Waals surface area contributed by atoms with Crippen molar-refractivity contribution >= 4 is 5.91 Å². The van der Waals surface area contributed by atoms with Gasteiger partial charge < -0.3 is 9.73 Å². The number of aryl methyl sites for hydroxylation is 1. The van der Waals surface area contributed by atoms with Crippen LogP contribution in [0.1, 0.15) is 50.8 Å². The predicted octanol–water partition coefficient (Wildman–Crippen LogP) is 4.39. The van der Waals surface area contributed by atoms with Gasteiger partial charge in [-0.1, -0.05) is 25.7 Å². The van der Waals surface area contributed by atoms with Crippen LogP contribution < -0.4 is 5.32 Å². The highest BCUT2D eigenvalue weighted by Gasteiger charge is 2.16. The molecule has 134 valence electrons. The molecule has 1 aromatic heterocycles. The first-order valence-corrected chi connectivity index (χ1v) is 8.81. The van der Waals surface area contributed by atoms with Gasteiger partial charge in [-0.25, -0.2) is 13.8 Å². The van der Waals surface area contributed by atoms with Crippen LogP contribution in [0.2, 0.25) is 0 Å². The molecule has 0 spiro atoms. The minimum absolute atomic E-state index is 0.0142. The fraction of sp³-hybridized carbons (Fsp3) is 0.474. The normalized spacial score (nSPS) is 15.8. The zero-order valence-electron chi connectivity index (χ0n) is 14.1. The van der Waals surface area contributed by atoms with E-state index in [-0.39, 0.29) is 29.7 Å². The molecule has 0 aliphatic heterocycles. The first-order chi connectivity index (χ1) is 12.1. The lowest BCUT2D eigenvalue weighted by Gasteiger charge is -2.15. The second-order valence-electron chi connectivity index (χ2n) is 6.50. The van der Waals surface area contributed by atoms with Crippen LogP contribution in [0, 0.1) is 11.6 Å². The third-order valence-corrected chi connectivity index (χ3v) is 4.54. The molecule has 1 amide bonds. The van der Waals surface area contributed by atoms with Crippen LogP contribution in [0.15, 0.2) is 28.8 Å². The number of carbonyl (C=O) groups excluding carboxylic acids is 1. The van der Waals surface area contributed by atoms with E-state index in [1.54, 1.807) is 0 Å². The summed E-state index contributed by atoms with van der Waals surface area (Å²) >= 11 is 0. The summed E-state index contributed by atoms with van der Waals surface area (Å²) in [5.41, 5.74) is 0.156. The van der Waals surface area contributed by atoms with E-state index >= 15 is 0 Å². The zero-order valence-corrected chi connectivity index (χ0v) is 14.1. The minimum Gasteiger partial charge on any atom is -0.441 e. The quantitative estimate of drug-likeness (QED) is 0.815. The van der Waals surface area contributed by atoms with Gasteiger partial charge in [-0.05, 0) is 25.0 Å². The van der Waals surface area contributed by atoms with Gasteiger partial charge in [0.25, 0.3) is 0 Å². The summed E-state index contributed by atoms with van der Waals surface area (Å²) in [6.45, 7) is 0. The lowest BCUT2D eigenvalue weighted by Crippen LogP contribution is -2.34. The summed E-state index contributed by atoms with van der Waals surface area (Å²) < 4.78 is 32.2. The van der Waals surface area contributed by atoms with Crippen molar-refractivity contribution in [1.82, 2.24) is 10.3 Å². The van der Waals surface area contributed by atoms with E-state index in [9.17, 15) is 13.6 Å². The fourth-order valence-corrected chi connectivity index (χ4v) is 3.18. The number of oxazole rings is 1. The van der Waals surface area contributed by atoms with Crippen molar-refractivity contribution in [1.29, 1.82) is 0 Å². The smallest absolute Gasteiger partial charge is 0.220 e. The Bertz CT molecular complexity index is 722. The van der Waals surface area contributed by atoms with Crippen LogP contribution >= 0.6 is 0 Å². The number of halogens is 2. The average Bonchev–Trinajstić information content (AvgIpc) is 2.89. The molecular formula is C19H22F2N2O2. The lowest BCUT2D eigenvalue weighted by molar-refractivity contribution is -0.121. The largest absolute Gasteiger partial charge is 0.441 e. The monoisotopic (exact) mass is 348 g/mol. The van der Waals surface area contributed by atoms with Gasteiger partial charge in [0.05, 0.1) is 11.8 Å². The summed E-state index contributed by atoms with van der Waals surface area (Å²) in [6.07, 6.45) is 8.92. The molecule has 2 aromatic rings. The van der Waals surface area contributed by atoms with Gasteiger partial charge in [-0.2, -0.15) is 0 Å². The number of rotatable bonds is 5.